The maximum atomic E-state index is 12.6. The predicted octanol–water partition coefficient (Wildman–Crippen LogP) is 0.707. The van der Waals surface area contributed by atoms with Crippen LogP contribution in [0, 0.1) is 5.92 Å². The van der Waals surface area contributed by atoms with Crippen molar-refractivity contribution in [1.82, 2.24) is 15.1 Å². The summed E-state index contributed by atoms with van der Waals surface area (Å²) in [4.78, 5) is 40.0. The Morgan fingerprint density at radius 2 is 1.85 bits per heavy atom. The smallest absolute Gasteiger partial charge is 0.319 e. The van der Waals surface area contributed by atoms with Crippen LogP contribution in [0.4, 0.5) is 10.5 Å². The summed E-state index contributed by atoms with van der Waals surface area (Å²) in [5.74, 6) is -0.569. The van der Waals surface area contributed by atoms with Gasteiger partial charge < -0.3 is 26.2 Å². The molecule has 1 aliphatic rings. The van der Waals surface area contributed by atoms with Crippen LogP contribution in [0.15, 0.2) is 24.3 Å². The summed E-state index contributed by atoms with van der Waals surface area (Å²) in [7, 11) is 3.43. The zero-order valence-corrected chi connectivity index (χ0v) is 15.3. The number of benzene rings is 1. The second-order valence-electron chi connectivity index (χ2n) is 6.52. The van der Waals surface area contributed by atoms with Gasteiger partial charge in [0.15, 0.2) is 0 Å². The highest BCUT2D eigenvalue weighted by molar-refractivity contribution is 6.04. The Balaban J connectivity index is 1.97. The van der Waals surface area contributed by atoms with E-state index in [0.717, 1.165) is 0 Å². The summed E-state index contributed by atoms with van der Waals surface area (Å²) < 4.78 is 0. The molecule has 142 valence electrons. The van der Waals surface area contributed by atoms with Crippen LogP contribution in [0.2, 0.25) is 0 Å². The van der Waals surface area contributed by atoms with E-state index < -0.39 is 0 Å². The Labute approximate surface area is 153 Å². The van der Waals surface area contributed by atoms with Gasteiger partial charge in [-0.3, -0.25) is 9.59 Å². The number of piperidine rings is 1. The Hall–Kier alpha value is -2.61. The molecular weight excluding hydrogens is 334 g/mol. The van der Waals surface area contributed by atoms with Crippen molar-refractivity contribution in [2.45, 2.75) is 12.8 Å². The van der Waals surface area contributed by atoms with Gasteiger partial charge in [0.25, 0.3) is 5.91 Å². The standard InChI is InChI=1S/C18H27N5O3/c1-22(2)18(26)23-11-7-13(8-12-23)16(24)21-15-6-4-3-5-14(15)17(25)20-10-9-19/h3-6,13H,7-12,19H2,1-2H3,(H,20,25)(H,21,24). The Morgan fingerprint density at radius 3 is 2.46 bits per heavy atom. The highest BCUT2D eigenvalue weighted by Crippen LogP contribution is 2.22. The molecule has 0 aliphatic carbocycles. The van der Waals surface area contributed by atoms with E-state index in [1.54, 1.807) is 43.3 Å². The molecule has 0 bridgehead atoms. The van der Waals surface area contributed by atoms with Crippen molar-refractivity contribution in [3.63, 3.8) is 0 Å². The third kappa shape index (κ3) is 4.95. The molecule has 26 heavy (non-hydrogen) atoms. The second-order valence-corrected chi connectivity index (χ2v) is 6.52. The Kier molecular flexibility index (Phi) is 6.97. The van der Waals surface area contributed by atoms with Crippen LogP contribution < -0.4 is 16.4 Å². The molecule has 1 heterocycles. The number of para-hydroxylation sites is 1. The van der Waals surface area contributed by atoms with E-state index in [9.17, 15) is 14.4 Å². The maximum absolute atomic E-state index is 12.6. The molecule has 1 aliphatic heterocycles. The zero-order valence-electron chi connectivity index (χ0n) is 15.3. The van der Waals surface area contributed by atoms with E-state index in [-0.39, 0.29) is 23.8 Å². The van der Waals surface area contributed by atoms with Gasteiger partial charge in [-0.15, -0.1) is 0 Å². The van der Waals surface area contributed by atoms with Crippen LogP contribution in [-0.4, -0.2) is 67.9 Å². The van der Waals surface area contributed by atoms with Crippen molar-refractivity contribution >= 4 is 23.5 Å². The van der Waals surface area contributed by atoms with Crippen molar-refractivity contribution in [2.75, 3.05) is 45.6 Å². The van der Waals surface area contributed by atoms with E-state index >= 15 is 0 Å². The van der Waals surface area contributed by atoms with Crippen LogP contribution in [0.3, 0.4) is 0 Å². The third-order valence-electron chi connectivity index (χ3n) is 4.38. The highest BCUT2D eigenvalue weighted by Gasteiger charge is 2.28. The number of hydrogen-bond acceptors (Lipinski definition) is 4. The van der Waals surface area contributed by atoms with Crippen molar-refractivity contribution in [3.8, 4) is 0 Å². The van der Waals surface area contributed by atoms with Crippen molar-refractivity contribution in [1.29, 1.82) is 0 Å². The molecule has 0 unspecified atom stereocenters. The number of urea groups is 1. The van der Waals surface area contributed by atoms with Crippen LogP contribution >= 0.6 is 0 Å². The number of hydrogen-bond donors (Lipinski definition) is 3. The molecule has 0 radical (unpaired) electrons. The minimum atomic E-state index is -0.266. The van der Waals surface area contributed by atoms with Gasteiger partial charge in [-0.2, -0.15) is 0 Å². The first kappa shape index (κ1) is 19.7. The molecule has 1 aromatic carbocycles. The fourth-order valence-corrected chi connectivity index (χ4v) is 2.92. The zero-order chi connectivity index (χ0) is 19.1. The lowest BCUT2D eigenvalue weighted by molar-refractivity contribution is -0.121. The lowest BCUT2D eigenvalue weighted by Crippen LogP contribution is -2.45. The summed E-state index contributed by atoms with van der Waals surface area (Å²) >= 11 is 0. The number of carbonyl (C=O) groups is 3. The molecule has 8 heteroatoms. The normalized spacial score (nSPS) is 14.7. The number of nitrogens with zero attached hydrogens (tertiary/aromatic N) is 2. The Morgan fingerprint density at radius 1 is 1.19 bits per heavy atom. The molecule has 2 rings (SSSR count). The van der Waals surface area contributed by atoms with Crippen molar-refractivity contribution in [2.24, 2.45) is 11.7 Å². The summed E-state index contributed by atoms with van der Waals surface area (Å²) in [6.07, 6.45) is 1.21. The molecule has 1 fully saturated rings. The van der Waals surface area contributed by atoms with Crippen LogP contribution in [0.5, 0.6) is 0 Å². The van der Waals surface area contributed by atoms with Crippen LogP contribution in [0.25, 0.3) is 0 Å². The largest absolute Gasteiger partial charge is 0.351 e. The van der Waals surface area contributed by atoms with E-state index in [4.69, 9.17) is 5.73 Å². The van der Waals surface area contributed by atoms with Gasteiger partial charge >= 0.3 is 6.03 Å². The minimum absolute atomic E-state index is 0.0363. The van der Waals surface area contributed by atoms with Crippen LogP contribution in [-0.2, 0) is 4.79 Å². The fraction of sp³-hybridized carbons (Fsp3) is 0.500. The van der Waals surface area contributed by atoms with Gasteiger partial charge in [0.2, 0.25) is 5.91 Å². The summed E-state index contributed by atoms with van der Waals surface area (Å²) in [6.45, 7) is 1.82. The second kappa shape index (κ2) is 9.19. The number of anilines is 1. The van der Waals surface area contributed by atoms with Gasteiger partial charge in [-0.1, -0.05) is 12.1 Å². The maximum Gasteiger partial charge on any atom is 0.319 e. The number of nitrogens with one attached hydrogen (secondary N) is 2. The quantitative estimate of drug-likeness (QED) is 0.718. The first-order valence-corrected chi connectivity index (χ1v) is 8.78. The molecule has 1 saturated heterocycles. The molecule has 1 aromatic rings. The number of nitrogens with two attached hydrogens (primary N) is 1. The molecule has 4 amide bonds. The molecule has 8 nitrogen and oxygen atoms in total. The fourth-order valence-electron chi connectivity index (χ4n) is 2.92. The predicted molar refractivity (Wildman–Crippen MR) is 99.8 cm³/mol. The molecule has 0 atom stereocenters. The Bertz CT molecular complexity index is 654. The molecular formula is C18H27N5O3. The molecule has 0 saturated carbocycles. The van der Waals surface area contributed by atoms with Gasteiger partial charge in [0.1, 0.15) is 0 Å². The lowest BCUT2D eigenvalue weighted by atomic mass is 9.95. The van der Waals surface area contributed by atoms with E-state index in [2.05, 4.69) is 10.6 Å². The summed E-state index contributed by atoms with van der Waals surface area (Å²) in [6, 6.07) is 6.86. The van der Waals surface area contributed by atoms with Crippen molar-refractivity contribution in [3.05, 3.63) is 29.8 Å². The van der Waals surface area contributed by atoms with Gasteiger partial charge in [-0.25, -0.2) is 4.79 Å². The average Bonchev–Trinajstić information content (AvgIpc) is 2.65. The minimum Gasteiger partial charge on any atom is -0.351 e. The van der Waals surface area contributed by atoms with Gasteiger partial charge in [-0.05, 0) is 25.0 Å². The first-order valence-electron chi connectivity index (χ1n) is 8.78. The summed E-state index contributed by atoms with van der Waals surface area (Å²) in [5.41, 5.74) is 6.30. The number of rotatable bonds is 5. The number of amides is 4. The lowest BCUT2D eigenvalue weighted by Gasteiger charge is -2.33. The third-order valence-corrected chi connectivity index (χ3v) is 4.38. The average molecular weight is 361 g/mol. The topological polar surface area (TPSA) is 108 Å². The molecule has 0 aromatic heterocycles. The summed E-state index contributed by atoms with van der Waals surface area (Å²) in [5, 5.41) is 5.57. The van der Waals surface area contributed by atoms with E-state index in [1.165, 1.54) is 4.90 Å². The monoisotopic (exact) mass is 361 g/mol. The van der Waals surface area contributed by atoms with Gasteiger partial charge in [0, 0.05) is 46.2 Å². The number of carbonyl (C=O) groups excluding carboxylic acids is 3. The first-order chi connectivity index (χ1) is 12.4. The van der Waals surface area contributed by atoms with E-state index in [1.807, 2.05) is 0 Å². The van der Waals surface area contributed by atoms with Gasteiger partial charge in [0.05, 0.1) is 11.3 Å². The molecule has 4 N–H and O–H groups in total. The highest BCUT2D eigenvalue weighted by atomic mass is 16.2. The van der Waals surface area contributed by atoms with Crippen LogP contribution in [0.1, 0.15) is 23.2 Å². The number of likely N-dealkylation sites (tertiary alicyclic amines) is 1. The molecule has 0 spiro atoms. The van der Waals surface area contributed by atoms with Crippen molar-refractivity contribution < 1.29 is 14.4 Å². The SMILES string of the molecule is CN(C)C(=O)N1CCC(C(=O)Nc2ccccc2C(=O)NCCN)CC1. The van der Waals surface area contributed by atoms with E-state index in [0.29, 0.717) is 50.3 Å².